The largest absolute Gasteiger partial charge is 0.416 e. The Morgan fingerprint density at radius 3 is 2.38 bits per heavy atom. The summed E-state index contributed by atoms with van der Waals surface area (Å²) in [6, 6.07) is 7.35. The predicted octanol–water partition coefficient (Wildman–Crippen LogP) is 6.18. The van der Waals surface area contributed by atoms with E-state index in [0.717, 1.165) is 41.1 Å². The Morgan fingerprint density at radius 1 is 1.08 bits per heavy atom. The van der Waals surface area contributed by atoms with Crippen LogP contribution in [0.3, 0.4) is 0 Å². The van der Waals surface area contributed by atoms with Crippen molar-refractivity contribution in [3.05, 3.63) is 63.2 Å². The summed E-state index contributed by atoms with van der Waals surface area (Å²) in [7, 11) is 1.94. The summed E-state index contributed by atoms with van der Waals surface area (Å²) in [5.74, 6) is 0. The van der Waals surface area contributed by atoms with Gasteiger partial charge in [-0.1, -0.05) is 17.7 Å². The molecule has 0 fully saturated rings. The van der Waals surface area contributed by atoms with Crippen LogP contribution in [0.15, 0.2) is 35.3 Å². The summed E-state index contributed by atoms with van der Waals surface area (Å²) >= 11 is 6.12. The van der Waals surface area contributed by atoms with Crippen molar-refractivity contribution in [3.63, 3.8) is 0 Å². The Balaban J connectivity index is 2.34. The third kappa shape index (κ3) is 5.01. The summed E-state index contributed by atoms with van der Waals surface area (Å²) in [5.41, 5.74) is 3.50. The van der Waals surface area contributed by atoms with E-state index in [1.54, 1.807) is 6.34 Å². The van der Waals surface area contributed by atoms with E-state index in [1.165, 1.54) is 6.07 Å². The summed E-state index contributed by atoms with van der Waals surface area (Å²) in [6.45, 7) is 6.76. The van der Waals surface area contributed by atoms with Crippen LogP contribution in [0.5, 0.6) is 0 Å². The average molecular weight is 383 g/mol. The van der Waals surface area contributed by atoms with E-state index in [1.807, 2.05) is 44.9 Å². The van der Waals surface area contributed by atoms with E-state index in [0.29, 0.717) is 17.0 Å². The minimum absolute atomic E-state index is 0.335. The van der Waals surface area contributed by atoms with Crippen molar-refractivity contribution in [1.82, 2.24) is 4.90 Å². The minimum Gasteiger partial charge on any atom is -0.366 e. The monoisotopic (exact) mass is 382 g/mol. The van der Waals surface area contributed by atoms with Gasteiger partial charge < -0.3 is 4.90 Å². The lowest BCUT2D eigenvalue weighted by atomic mass is 9.96. The maximum atomic E-state index is 13.0. The number of benzene rings is 2. The van der Waals surface area contributed by atoms with Crippen molar-refractivity contribution in [3.8, 4) is 0 Å². The van der Waals surface area contributed by atoms with Gasteiger partial charge in [0.25, 0.3) is 0 Å². The van der Waals surface area contributed by atoms with Crippen LogP contribution >= 0.6 is 11.6 Å². The maximum Gasteiger partial charge on any atom is 0.416 e. The van der Waals surface area contributed by atoms with E-state index in [2.05, 4.69) is 4.99 Å². The molecule has 0 saturated heterocycles. The molecule has 6 heteroatoms. The molecule has 0 N–H and O–H groups in total. The van der Waals surface area contributed by atoms with Gasteiger partial charge in [0.2, 0.25) is 0 Å². The molecule has 0 aliphatic rings. The first kappa shape index (κ1) is 20.3. The molecule has 2 nitrogen and oxygen atoms in total. The van der Waals surface area contributed by atoms with Crippen LogP contribution in [-0.2, 0) is 12.6 Å². The predicted molar refractivity (Wildman–Crippen MR) is 102 cm³/mol. The molecule has 140 valence electrons. The minimum atomic E-state index is -4.38. The molecular formula is C20H22ClF3N2. The lowest BCUT2D eigenvalue weighted by Gasteiger charge is -2.14. The van der Waals surface area contributed by atoms with Gasteiger partial charge in [-0.15, -0.1) is 0 Å². The van der Waals surface area contributed by atoms with Gasteiger partial charge in [-0.3, -0.25) is 0 Å². The average Bonchev–Trinajstić information content (AvgIpc) is 2.57. The standard InChI is InChI=1S/C20H22ClF3N2/c1-5-26(4)12-25-19-9-13(2)15(8-14(19)3)10-16-11-17(20(22,23)24)6-7-18(16)21/h6-9,11-12H,5,10H2,1-4H3. The molecule has 2 aromatic rings. The van der Waals surface area contributed by atoms with E-state index in [4.69, 9.17) is 11.6 Å². The van der Waals surface area contributed by atoms with Gasteiger partial charge in [0.05, 0.1) is 17.6 Å². The molecule has 0 unspecified atom stereocenters. The van der Waals surface area contributed by atoms with Crippen LogP contribution in [0, 0.1) is 13.8 Å². The number of nitrogens with zero attached hydrogens (tertiary/aromatic N) is 2. The van der Waals surface area contributed by atoms with Gasteiger partial charge >= 0.3 is 6.18 Å². The lowest BCUT2D eigenvalue weighted by Crippen LogP contribution is -2.14. The SMILES string of the molecule is CCN(C)C=Nc1cc(C)c(Cc2cc(C(F)(F)F)ccc2Cl)cc1C. The molecule has 2 aromatic carbocycles. The molecule has 0 aliphatic heterocycles. The normalized spacial score (nSPS) is 12.0. The fourth-order valence-electron chi connectivity index (χ4n) is 2.52. The number of hydrogen-bond donors (Lipinski definition) is 0. The molecule has 0 radical (unpaired) electrons. The summed E-state index contributed by atoms with van der Waals surface area (Å²) in [4.78, 5) is 6.44. The molecule has 0 atom stereocenters. The molecule has 0 spiro atoms. The highest BCUT2D eigenvalue weighted by Gasteiger charge is 2.30. The second kappa shape index (κ2) is 8.12. The molecule has 0 aromatic heterocycles. The number of rotatable bonds is 5. The Bertz CT molecular complexity index is 813. The van der Waals surface area contributed by atoms with Crippen LogP contribution in [0.1, 0.15) is 34.7 Å². The van der Waals surface area contributed by atoms with Crippen LogP contribution in [0.4, 0.5) is 18.9 Å². The Labute approximate surface area is 157 Å². The van der Waals surface area contributed by atoms with Crippen molar-refractivity contribution in [2.75, 3.05) is 13.6 Å². The van der Waals surface area contributed by atoms with E-state index in [-0.39, 0.29) is 0 Å². The first-order valence-electron chi connectivity index (χ1n) is 8.32. The zero-order chi connectivity index (χ0) is 19.5. The number of aryl methyl sites for hydroxylation is 2. The highest BCUT2D eigenvalue weighted by Crippen LogP contribution is 2.33. The number of aliphatic imine (C=N–C) groups is 1. The molecule has 2 rings (SSSR count). The third-order valence-corrected chi connectivity index (χ3v) is 4.67. The Kier molecular flexibility index (Phi) is 6.34. The topological polar surface area (TPSA) is 15.6 Å². The van der Waals surface area contributed by atoms with Gasteiger partial charge in [0, 0.05) is 18.6 Å². The second-order valence-electron chi connectivity index (χ2n) is 6.36. The summed E-state index contributed by atoms with van der Waals surface area (Å²) in [5, 5.41) is 0.335. The van der Waals surface area contributed by atoms with E-state index >= 15 is 0 Å². The summed E-state index contributed by atoms with van der Waals surface area (Å²) in [6.07, 6.45) is -2.27. The van der Waals surface area contributed by atoms with Crippen LogP contribution < -0.4 is 0 Å². The molecule has 0 heterocycles. The Morgan fingerprint density at radius 2 is 1.77 bits per heavy atom. The lowest BCUT2D eigenvalue weighted by molar-refractivity contribution is -0.137. The van der Waals surface area contributed by atoms with Gasteiger partial charge in [-0.05, 0) is 73.7 Å². The van der Waals surface area contributed by atoms with Crippen LogP contribution in [0.25, 0.3) is 0 Å². The highest BCUT2D eigenvalue weighted by atomic mass is 35.5. The molecule has 0 aliphatic carbocycles. The van der Waals surface area contributed by atoms with Crippen molar-refractivity contribution in [2.45, 2.75) is 33.4 Å². The smallest absolute Gasteiger partial charge is 0.366 e. The van der Waals surface area contributed by atoms with Crippen LogP contribution in [-0.4, -0.2) is 24.8 Å². The molecule has 0 saturated carbocycles. The number of hydrogen-bond acceptors (Lipinski definition) is 1. The molecule has 26 heavy (non-hydrogen) atoms. The van der Waals surface area contributed by atoms with E-state index in [9.17, 15) is 13.2 Å². The first-order chi connectivity index (χ1) is 12.1. The van der Waals surface area contributed by atoms with Crippen molar-refractivity contribution in [1.29, 1.82) is 0 Å². The maximum absolute atomic E-state index is 13.0. The van der Waals surface area contributed by atoms with Gasteiger partial charge in [-0.25, -0.2) is 4.99 Å². The first-order valence-corrected chi connectivity index (χ1v) is 8.69. The van der Waals surface area contributed by atoms with E-state index < -0.39 is 11.7 Å². The van der Waals surface area contributed by atoms with Gasteiger partial charge in [0.15, 0.2) is 0 Å². The molecule has 0 bridgehead atoms. The zero-order valence-corrected chi connectivity index (χ0v) is 16.0. The zero-order valence-electron chi connectivity index (χ0n) is 15.3. The number of halogens is 4. The van der Waals surface area contributed by atoms with Gasteiger partial charge in [-0.2, -0.15) is 13.2 Å². The third-order valence-electron chi connectivity index (χ3n) is 4.30. The fourth-order valence-corrected chi connectivity index (χ4v) is 2.71. The fraction of sp³-hybridized carbons (Fsp3) is 0.350. The quantitative estimate of drug-likeness (QED) is 0.445. The summed E-state index contributed by atoms with van der Waals surface area (Å²) < 4.78 is 38.9. The van der Waals surface area contributed by atoms with Crippen molar-refractivity contribution < 1.29 is 13.2 Å². The highest BCUT2D eigenvalue weighted by molar-refractivity contribution is 6.31. The van der Waals surface area contributed by atoms with Crippen molar-refractivity contribution in [2.24, 2.45) is 4.99 Å². The van der Waals surface area contributed by atoms with Gasteiger partial charge in [0.1, 0.15) is 0 Å². The number of alkyl halides is 3. The Hall–Kier alpha value is -2.01. The molecular weight excluding hydrogens is 361 g/mol. The molecule has 0 amide bonds. The van der Waals surface area contributed by atoms with Crippen LogP contribution in [0.2, 0.25) is 5.02 Å². The van der Waals surface area contributed by atoms with Crippen molar-refractivity contribution >= 4 is 23.6 Å². The second-order valence-corrected chi connectivity index (χ2v) is 6.77.